The Morgan fingerprint density at radius 1 is 1.53 bits per heavy atom. The van der Waals surface area contributed by atoms with E-state index < -0.39 is 0 Å². The largest absolute Gasteiger partial charge is 0.468 e. The topological polar surface area (TPSA) is 33.5 Å². The third-order valence-electron chi connectivity index (χ3n) is 2.41. The molecular weight excluding hydrogens is 190 g/mol. The maximum absolute atomic E-state index is 10.8. The summed E-state index contributed by atoms with van der Waals surface area (Å²) in [5, 5.41) is 0. The predicted molar refractivity (Wildman–Crippen MR) is 59.6 cm³/mol. The number of ketones is 1. The molecule has 15 heavy (non-hydrogen) atoms. The zero-order valence-electron chi connectivity index (χ0n) is 9.53. The van der Waals surface area contributed by atoms with Gasteiger partial charge in [-0.3, -0.25) is 4.90 Å². The van der Waals surface area contributed by atoms with Crippen LogP contribution >= 0.6 is 0 Å². The van der Waals surface area contributed by atoms with E-state index in [1.54, 1.807) is 13.2 Å². The number of carbonyl (C=O) groups is 1. The standard InChI is InChI=1S/C12H19NO2/c1-3-13(8-4-6-11(2)14)10-12-7-5-9-15-12/h5,7,9H,3-4,6,8,10H2,1-2H3. The number of nitrogens with zero attached hydrogens (tertiary/aromatic N) is 1. The summed E-state index contributed by atoms with van der Waals surface area (Å²) in [6.07, 6.45) is 3.30. The monoisotopic (exact) mass is 209 g/mol. The average Bonchev–Trinajstić information content (AvgIpc) is 2.68. The summed E-state index contributed by atoms with van der Waals surface area (Å²) in [4.78, 5) is 13.1. The Hall–Kier alpha value is -1.09. The molecule has 0 spiro atoms. The van der Waals surface area contributed by atoms with Gasteiger partial charge in [-0.15, -0.1) is 0 Å². The van der Waals surface area contributed by atoms with E-state index in [4.69, 9.17) is 4.42 Å². The van der Waals surface area contributed by atoms with E-state index >= 15 is 0 Å². The highest BCUT2D eigenvalue weighted by Crippen LogP contribution is 2.06. The minimum Gasteiger partial charge on any atom is -0.468 e. The molecule has 0 N–H and O–H groups in total. The second-order valence-corrected chi connectivity index (χ2v) is 3.75. The van der Waals surface area contributed by atoms with Crippen LogP contribution in [0.2, 0.25) is 0 Å². The summed E-state index contributed by atoms with van der Waals surface area (Å²) in [6.45, 7) is 6.54. The molecule has 0 aromatic carbocycles. The van der Waals surface area contributed by atoms with Crippen molar-refractivity contribution in [3.8, 4) is 0 Å². The first-order valence-electron chi connectivity index (χ1n) is 5.46. The number of hydrogen-bond acceptors (Lipinski definition) is 3. The molecule has 0 radical (unpaired) electrons. The van der Waals surface area contributed by atoms with Crippen molar-refractivity contribution in [2.45, 2.75) is 33.2 Å². The molecule has 1 rings (SSSR count). The minimum atomic E-state index is 0.268. The van der Waals surface area contributed by atoms with Gasteiger partial charge in [0.15, 0.2) is 0 Å². The van der Waals surface area contributed by atoms with Crippen LogP contribution in [0.5, 0.6) is 0 Å². The lowest BCUT2D eigenvalue weighted by molar-refractivity contribution is -0.117. The minimum absolute atomic E-state index is 0.268. The van der Waals surface area contributed by atoms with Crippen LogP contribution in [0, 0.1) is 0 Å². The fraction of sp³-hybridized carbons (Fsp3) is 0.583. The van der Waals surface area contributed by atoms with E-state index in [-0.39, 0.29) is 5.78 Å². The summed E-state index contributed by atoms with van der Waals surface area (Å²) < 4.78 is 5.28. The molecule has 3 heteroatoms. The second-order valence-electron chi connectivity index (χ2n) is 3.75. The summed E-state index contributed by atoms with van der Waals surface area (Å²) in [7, 11) is 0. The average molecular weight is 209 g/mol. The van der Waals surface area contributed by atoms with Crippen LogP contribution in [0.4, 0.5) is 0 Å². The zero-order chi connectivity index (χ0) is 11.1. The lowest BCUT2D eigenvalue weighted by Gasteiger charge is -2.18. The summed E-state index contributed by atoms with van der Waals surface area (Å²) in [6, 6.07) is 3.88. The predicted octanol–water partition coefficient (Wildman–Crippen LogP) is 2.47. The molecule has 0 bridgehead atoms. The Labute approximate surface area is 91.1 Å². The maximum atomic E-state index is 10.8. The van der Waals surface area contributed by atoms with Gasteiger partial charge in [-0.2, -0.15) is 0 Å². The highest BCUT2D eigenvalue weighted by molar-refractivity contribution is 5.75. The SMILES string of the molecule is CCN(CCCC(C)=O)Cc1ccco1. The molecule has 3 nitrogen and oxygen atoms in total. The summed E-state index contributed by atoms with van der Waals surface area (Å²) in [5.41, 5.74) is 0. The van der Waals surface area contributed by atoms with Crippen LogP contribution in [-0.2, 0) is 11.3 Å². The molecule has 84 valence electrons. The Bertz CT molecular complexity index is 280. The first-order valence-corrected chi connectivity index (χ1v) is 5.46. The number of furan rings is 1. The Kier molecular flexibility index (Phi) is 5.12. The molecule has 0 aliphatic heterocycles. The van der Waals surface area contributed by atoms with Gasteiger partial charge >= 0.3 is 0 Å². The quantitative estimate of drug-likeness (QED) is 0.691. The van der Waals surface area contributed by atoms with E-state index in [1.165, 1.54) is 0 Å². The van der Waals surface area contributed by atoms with Gasteiger partial charge in [0.2, 0.25) is 0 Å². The molecule has 0 aliphatic carbocycles. The van der Waals surface area contributed by atoms with E-state index in [0.29, 0.717) is 6.42 Å². The van der Waals surface area contributed by atoms with Crippen LogP contribution in [0.1, 0.15) is 32.4 Å². The normalized spacial score (nSPS) is 10.9. The van der Waals surface area contributed by atoms with E-state index in [2.05, 4.69) is 11.8 Å². The number of Topliss-reactive ketones (excluding diaryl/α,β-unsaturated/α-hetero) is 1. The van der Waals surface area contributed by atoms with Gasteiger partial charge in [0.1, 0.15) is 11.5 Å². The Morgan fingerprint density at radius 3 is 2.87 bits per heavy atom. The molecule has 1 aromatic rings. The van der Waals surface area contributed by atoms with Gasteiger partial charge in [-0.05, 0) is 38.6 Å². The van der Waals surface area contributed by atoms with Crippen LogP contribution in [-0.4, -0.2) is 23.8 Å². The zero-order valence-corrected chi connectivity index (χ0v) is 9.53. The van der Waals surface area contributed by atoms with Crippen molar-refractivity contribution in [2.75, 3.05) is 13.1 Å². The highest BCUT2D eigenvalue weighted by atomic mass is 16.3. The van der Waals surface area contributed by atoms with Crippen LogP contribution in [0.15, 0.2) is 22.8 Å². The van der Waals surface area contributed by atoms with Crippen LogP contribution in [0.3, 0.4) is 0 Å². The second kappa shape index (κ2) is 6.40. The maximum Gasteiger partial charge on any atom is 0.129 e. The molecule has 0 fully saturated rings. The third-order valence-corrected chi connectivity index (χ3v) is 2.41. The fourth-order valence-corrected chi connectivity index (χ4v) is 1.52. The molecular formula is C12H19NO2. The van der Waals surface area contributed by atoms with Crippen molar-refractivity contribution in [1.82, 2.24) is 4.90 Å². The molecule has 0 aliphatic rings. The van der Waals surface area contributed by atoms with Crippen molar-refractivity contribution < 1.29 is 9.21 Å². The lowest BCUT2D eigenvalue weighted by atomic mass is 10.2. The first kappa shape index (κ1) is 12.0. The van der Waals surface area contributed by atoms with E-state index in [0.717, 1.165) is 31.8 Å². The summed E-state index contributed by atoms with van der Waals surface area (Å²) >= 11 is 0. The first-order chi connectivity index (χ1) is 7.22. The fourth-order valence-electron chi connectivity index (χ4n) is 1.52. The van der Waals surface area contributed by atoms with Gasteiger partial charge < -0.3 is 9.21 Å². The lowest BCUT2D eigenvalue weighted by Crippen LogP contribution is -2.24. The number of hydrogen-bond donors (Lipinski definition) is 0. The molecule has 0 unspecified atom stereocenters. The van der Waals surface area contributed by atoms with Crippen molar-refractivity contribution >= 4 is 5.78 Å². The number of rotatable bonds is 7. The van der Waals surface area contributed by atoms with Gasteiger partial charge in [0.25, 0.3) is 0 Å². The molecule has 0 saturated carbocycles. The van der Waals surface area contributed by atoms with Crippen molar-refractivity contribution in [1.29, 1.82) is 0 Å². The molecule has 1 aromatic heterocycles. The van der Waals surface area contributed by atoms with Crippen molar-refractivity contribution in [2.24, 2.45) is 0 Å². The van der Waals surface area contributed by atoms with Gasteiger partial charge in [-0.25, -0.2) is 0 Å². The molecule has 0 saturated heterocycles. The van der Waals surface area contributed by atoms with E-state index in [9.17, 15) is 4.79 Å². The van der Waals surface area contributed by atoms with Crippen molar-refractivity contribution in [3.05, 3.63) is 24.2 Å². The third kappa shape index (κ3) is 4.79. The van der Waals surface area contributed by atoms with Crippen LogP contribution < -0.4 is 0 Å². The molecule has 0 atom stereocenters. The summed E-state index contributed by atoms with van der Waals surface area (Å²) in [5.74, 6) is 1.25. The van der Waals surface area contributed by atoms with E-state index in [1.807, 2.05) is 12.1 Å². The Morgan fingerprint density at radius 2 is 2.33 bits per heavy atom. The highest BCUT2D eigenvalue weighted by Gasteiger charge is 2.05. The van der Waals surface area contributed by atoms with Crippen molar-refractivity contribution in [3.63, 3.8) is 0 Å². The van der Waals surface area contributed by atoms with Gasteiger partial charge in [0.05, 0.1) is 12.8 Å². The molecule has 0 amide bonds. The smallest absolute Gasteiger partial charge is 0.129 e. The van der Waals surface area contributed by atoms with Gasteiger partial charge in [-0.1, -0.05) is 6.92 Å². The van der Waals surface area contributed by atoms with Gasteiger partial charge in [0, 0.05) is 6.42 Å². The Balaban J connectivity index is 2.27. The molecule has 1 heterocycles. The van der Waals surface area contributed by atoms with Crippen LogP contribution in [0.25, 0.3) is 0 Å². The number of carbonyl (C=O) groups excluding carboxylic acids is 1.